The van der Waals surface area contributed by atoms with E-state index in [-0.39, 0.29) is 0 Å². The first-order valence-corrected chi connectivity index (χ1v) is 9.73. The molecule has 0 radical (unpaired) electrons. The molecule has 0 spiro atoms. The van der Waals surface area contributed by atoms with Crippen LogP contribution in [0.15, 0.2) is 42.9 Å². The Morgan fingerprint density at radius 3 is 2.43 bits per heavy atom. The number of hydrogen-bond donors (Lipinski definition) is 0. The lowest BCUT2D eigenvalue weighted by Gasteiger charge is -2.36. The van der Waals surface area contributed by atoms with Crippen LogP contribution in [-0.4, -0.2) is 68.1 Å². The van der Waals surface area contributed by atoms with Crippen LogP contribution in [-0.2, 0) is 0 Å². The topological polar surface area (TPSA) is 97.5 Å². The molecule has 1 aliphatic heterocycles. The molecule has 0 atom stereocenters. The summed E-state index contributed by atoms with van der Waals surface area (Å²) < 4.78 is 6.91. The van der Waals surface area contributed by atoms with Crippen LogP contribution in [0.3, 0.4) is 0 Å². The van der Waals surface area contributed by atoms with Gasteiger partial charge in [0.15, 0.2) is 0 Å². The highest BCUT2D eigenvalue weighted by Gasteiger charge is 2.20. The average Bonchev–Trinajstić information content (AvgIpc) is 3.30. The second-order valence-electron chi connectivity index (χ2n) is 7.02. The van der Waals surface area contributed by atoms with E-state index in [1.807, 2.05) is 25.1 Å². The van der Waals surface area contributed by atoms with Gasteiger partial charge in [0.25, 0.3) is 5.78 Å². The number of benzene rings is 1. The molecule has 0 amide bonds. The van der Waals surface area contributed by atoms with Gasteiger partial charge >= 0.3 is 0 Å². The van der Waals surface area contributed by atoms with Crippen molar-refractivity contribution in [3.05, 3.63) is 48.5 Å². The molecule has 3 aromatic heterocycles. The fourth-order valence-electron chi connectivity index (χ4n) is 3.63. The van der Waals surface area contributed by atoms with Gasteiger partial charge in [-0.15, -0.1) is 10.2 Å². The first kappa shape index (κ1) is 18.2. The van der Waals surface area contributed by atoms with Crippen molar-refractivity contribution in [2.75, 3.05) is 43.1 Å². The molecule has 152 valence electrons. The molecular weight excluding hydrogens is 382 g/mol. The molecular formula is C20H21N9O. The molecule has 1 aliphatic rings. The van der Waals surface area contributed by atoms with Crippen LogP contribution >= 0.6 is 0 Å². The standard InChI is InChI=1S/C20H21N9O/c1-14-18(25-26-20-22-13-23-29(14)20)17-7-8-21-19(24-17)28-11-9-27(10-12-28)15-3-5-16(30-2)6-4-15/h3-8,13H,9-12H2,1-2H3. The van der Waals surface area contributed by atoms with Crippen LogP contribution in [0, 0.1) is 6.92 Å². The Kier molecular flexibility index (Phi) is 4.58. The van der Waals surface area contributed by atoms with E-state index in [4.69, 9.17) is 9.72 Å². The van der Waals surface area contributed by atoms with E-state index < -0.39 is 0 Å². The van der Waals surface area contributed by atoms with Crippen LogP contribution in [0.1, 0.15) is 5.69 Å². The summed E-state index contributed by atoms with van der Waals surface area (Å²) in [6, 6.07) is 10.0. The SMILES string of the molecule is COc1ccc(N2CCN(c3nccc(-c4nnc5ncnn5c4C)n3)CC2)cc1. The molecule has 0 unspecified atom stereocenters. The van der Waals surface area contributed by atoms with Gasteiger partial charge in [0.1, 0.15) is 17.8 Å². The molecule has 10 heteroatoms. The second-order valence-corrected chi connectivity index (χ2v) is 7.02. The van der Waals surface area contributed by atoms with Gasteiger partial charge in [-0.2, -0.15) is 14.6 Å². The molecule has 0 saturated carbocycles. The van der Waals surface area contributed by atoms with Crippen LogP contribution in [0.25, 0.3) is 17.2 Å². The minimum absolute atomic E-state index is 0.472. The lowest BCUT2D eigenvalue weighted by molar-refractivity contribution is 0.415. The van der Waals surface area contributed by atoms with E-state index in [0.29, 0.717) is 17.4 Å². The predicted molar refractivity (Wildman–Crippen MR) is 112 cm³/mol. The van der Waals surface area contributed by atoms with Gasteiger partial charge in [-0.3, -0.25) is 0 Å². The second kappa shape index (κ2) is 7.54. The zero-order valence-electron chi connectivity index (χ0n) is 16.8. The van der Waals surface area contributed by atoms with Crippen molar-refractivity contribution in [1.82, 2.24) is 34.8 Å². The fraction of sp³-hybridized carbons (Fsp3) is 0.300. The zero-order chi connectivity index (χ0) is 20.5. The van der Waals surface area contributed by atoms with Crippen molar-refractivity contribution in [2.24, 2.45) is 0 Å². The Morgan fingerprint density at radius 1 is 0.900 bits per heavy atom. The third-order valence-corrected chi connectivity index (χ3v) is 5.32. The first-order valence-electron chi connectivity index (χ1n) is 9.73. The molecule has 0 bridgehead atoms. The largest absolute Gasteiger partial charge is 0.497 e. The Morgan fingerprint density at radius 2 is 1.67 bits per heavy atom. The van der Waals surface area contributed by atoms with E-state index in [9.17, 15) is 0 Å². The highest BCUT2D eigenvalue weighted by atomic mass is 16.5. The summed E-state index contributed by atoms with van der Waals surface area (Å²) in [5.41, 5.74) is 3.43. The number of hydrogen-bond acceptors (Lipinski definition) is 9. The lowest BCUT2D eigenvalue weighted by atomic mass is 10.2. The third kappa shape index (κ3) is 3.25. The average molecular weight is 403 g/mol. The van der Waals surface area contributed by atoms with Crippen molar-refractivity contribution in [3.63, 3.8) is 0 Å². The Labute approximate surface area is 173 Å². The number of methoxy groups -OCH3 is 1. The van der Waals surface area contributed by atoms with Crippen LogP contribution < -0.4 is 14.5 Å². The number of ether oxygens (including phenoxy) is 1. The minimum atomic E-state index is 0.472. The van der Waals surface area contributed by atoms with Gasteiger partial charge in [0.05, 0.1) is 18.5 Å². The number of rotatable bonds is 4. The maximum atomic E-state index is 5.24. The number of nitrogens with zero attached hydrogens (tertiary/aromatic N) is 9. The molecule has 4 aromatic rings. The van der Waals surface area contributed by atoms with Crippen molar-refractivity contribution in [3.8, 4) is 17.1 Å². The molecule has 5 rings (SSSR count). The van der Waals surface area contributed by atoms with Gasteiger partial charge in [0.2, 0.25) is 5.95 Å². The number of anilines is 2. The molecule has 30 heavy (non-hydrogen) atoms. The smallest absolute Gasteiger partial charge is 0.271 e. The van der Waals surface area contributed by atoms with Gasteiger partial charge in [-0.1, -0.05) is 0 Å². The summed E-state index contributed by atoms with van der Waals surface area (Å²) in [7, 11) is 1.68. The lowest BCUT2D eigenvalue weighted by Crippen LogP contribution is -2.47. The number of piperazine rings is 1. The van der Waals surface area contributed by atoms with Crippen molar-refractivity contribution >= 4 is 17.4 Å². The summed E-state index contributed by atoms with van der Waals surface area (Å²) in [6.07, 6.45) is 3.23. The highest BCUT2D eigenvalue weighted by Crippen LogP contribution is 2.23. The summed E-state index contributed by atoms with van der Waals surface area (Å²) >= 11 is 0. The van der Waals surface area contributed by atoms with Crippen molar-refractivity contribution in [1.29, 1.82) is 0 Å². The molecule has 1 saturated heterocycles. The summed E-state index contributed by atoms with van der Waals surface area (Å²) in [6.45, 7) is 5.39. The Hall–Kier alpha value is -3.82. The predicted octanol–water partition coefficient (Wildman–Crippen LogP) is 1.62. The third-order valence-electron chi connectivity index (χ3n) is 5.32. The van der Waals surface area contributed by atoms with Gasteiger partial charge < -0.3 is 14.5 Å². The summed E-state index contributed by atoms with van der Waals surface area (Å²) in [4.78, 5) is 17.9. The van der Waals surface area contributed by atoms with Crippen LogP contribution in [0.2, 0.25) is 0 Å². The highest BCUT2D eigenvalue weighted by molar-refractivity contribution is 5.59. The molecule has 0 aliphatic carbocycles. The van der Waals surface area contributed by atoms with Gasteiger partial charge in [-0.25, -0.2) is 9.97 Å². The van der Waals surface area contributed by atoms with Crippen molar-refractivity contribution < 1.29 is 4.74 Å². The fourth-order valence-corrected chi connectivity index (χ4v) is 3.63. The van der Waals surface area contributed by atoms with Gasteiger partial charge in [-0.05, 0) is 37.3 Å². The summed E-state index contributed by atoms with van der Waals surface area (Å²) in [5.74, 6) is 2.03. The maximum absolute atomic E-state index is 5.24. The van der Waals surface area contributed by atoms with E-state index in [2.05, 4.69) is 47.2 Å². The van der Waals surface area contributed by atoms with Crippen molar-refractivity contribution in [2.45, 2.75) is 6.92 Å². The molecule has 1 fully saturated rings. The van der Waals surface area contributed by atoms with E-state index in [1.165, 1.54) is 12.0 Å². The minimum Gasteiger partial charge on any atom is -0.497 e. The van der Waals surface area contributed by atoms with Crippen LogP contribution in [0.4, 0.5) is 11.6 Å². The zero-order valence-corrected chi connectivity index (χ0v) is 16.8. The number of aryl methyl sites for hydroxylation is 1. The molecule has 1 aromatic carbocycles. The monoisotopic (exact) mass is 403 g/mol. The number of fused-ring (bicyclic) bond motifs is 1. The van der Waals surface area contributed by atoms with Crippen LogP contribution in [0.5, 0.6) is 5.75 Å². The quantitative estimate of drug-likeness (QED) is 0.503. The van der Waals surface area contributed by atoms with E-state index in [1.54, 1.807) is 17.8 Å². The van der Waals surface area contributed by atoms with E-state index in [0.717, 1.165) is 43.3 Å². The Balaban J connectivity index is 1.34. The van der Waals surface area contributed by atoms with Gasteiger partial charge in [0, 0.05) is 38.1 Å². The molecule has 4 heterocycles. The van der Waals surface area contributed by atoms with E-state index >= 15 is 0 Å². The first-order chi connectivity index (χ1) is 14.7. The Bertz CT molecular complexity index is 1170. The molecule has 10 nitrogen and oxygen atoms in total. The molecule has 0 N–H and O–H groups in total. The number of aromatic nitrogens is 7. The normalized spacial score (nSPS) is 14.3. The maximum Gasteiger partial charge on any atom is 0.271 e. The summed E-state index contributed by atoms with van der Waals surface area (Å²) in [5, 5.41) is 12.6.